The van der Waals surface area contributed by atoms with Crippen molar-refractivity contribution in [3.63, 3.8) is 0 Å². The Morgan fingerprint density at radius 1 is 1.52 bits per heavy atom. The van der Waals surface area contributed by atoms with E-state index in [1.165, 1.54) is 0 Å². The lowest BCUT2D eigenvalue weighted by molar-refractivity contribution is 0.102. The van der Waals surface area contributed by atoms with Crippen molar-refractivity contribution in [2.75, 3.05) is 11.9 Å². The summed E-state index contributed by atoms with van der Waals surface area (Å²) in [4.78, 5) is 16.7. The maximum absolute atomic E-state index is 12.1. The predicted molar refractivity (Wildman–Crippen MR) is 80.1 cm³/mol. The summed E-state index contributed by atoms with van der Waals surface area (Å²) in [5, 5.41) is 15.3. The summed E-state index contributed by atoms with van der Waals surface area (Å²) in [6, 6.07) is 3.42. The first-order valence-electron chi connectivity index (χ1n) is 6.43. The largest absolute Gasteiger partial charge is 0.395 e. The Morgan fingerprint density at radius 3 is 3.14 bits per heavy atom. The molecule has 2 N–H and O–H groups in total. The molecule has 2 aromatic rings. The van der Waals surface area contributed by atoms with Gasteiger partial charge in [0.1, 0.15) is 10.7 Å². The standard InChI is InChI=1S/C14H14N4O2S/c1-2-11-13(21-18-17-11)14(20)16-12-9-10(6-7-15-12)5-3-4-8-19/h6-7,9,19H,2,4,8H2,1H3,(H,15,16,20). The Kier molecular flexibility index (Phi) is 5.37. The molecule has 7 heteroatoms. The lowest BCUT2D eigenvalue weighted by Gasteiger charge is -2.03. The van der Waals surface area contributed by atoms with Gasteiger partial charge in [-0.25, -0.2) is 4.98 Å². The molecule has 0 fully saturated rings. The molecule has 0 aliphatic carbocycles. The summed E-state index contributed by atoms with van der Waals surface area (Å²) in [6.45, 7) is 1.95. The molecule has 0 unspecified atom stereocenters. The van der Waals surface area contributed by atoms with E-state index in [9.17, 15) is 4.79 Å². The minimum atomic E-state index is -0.269. The number of carbonyl (C=O) groups is 1. The summed E-state index contributed by atoms with van der Waals surface area (Å²) in [5.41, 5.74) is 1.41. The van der Waals surface area contributed by atoms with E-state index in [1.807, 2.05) is 6.92 Å². The molecule has 0 aromatic carbocycles. The Balaban J connectivity index is 2.11. The number of rotatable bonds is 4. The first kappa shape index (κ1) is 15.1. The lowest BCUT2D eigenvalue weighted by atomic mass is 10.2. The van der Waals surface area contributed by atoms with Gasteiger partial charge in [-0.15, -0.1) is 5.10 Å². The molecule has 2 aromatic heterocycles. The SMILES string of the molecule is CCc1nnsc1C(=O)Nc1cc(C#CCCO)ccn1. The molecule has 0 bridgehead atoms. The molecule has 0 radical (unpaired) electrons. The van der Waals surface area contributed by atoms with Gasteiger partial charge in [-0.1, -0.05) is 23.3 Å². The molecule has 0 saturated carbocycles. The van der Waals surface area contributed by atoms with E-state index in [-0.39, 0.29) is 12.5 Å². The van der Waals surface area contributed by atoms with Crippen molar-refractivity contribution in [2.24, 2.45) is 0 Å². The first-order chi connectivity index (χ1) is 10.2. The number of pyridine rings is 1. The van der Waals surface area contributed by atoms with Crippen molar-refractivity contribution < 1.29 is 9.90 Å². The van der Waals surface area contributed by atoms with Gasteiger partial charge < -0.3 is 10.4 Å². The highest BCUT2D eigenvalue weighted by atomic mass is 32.1. The second-order valence-electron chi connectivity index (χ2n) is 4.06. The van der Waals surface area contributed by atoms with Crippen molar-refractivity contribution in [3.05, 3.63) is 34.5 Å². The van der Waals surface area contributed by atoms with E-state index in [2.05, 4.69) is 31.7 Å². The van der Waals surface area contributed by atoms with E-state index in [0.717, 1.165) is 17.1 Å². The molecule has 21 heavy (non-hydrogen) atoms. The van der Waals surface area contributed by atoms with Crippen LogP contribution in [0.2, 0.25) is 0 Å². The number of aliphatic hydroxyl groups excluding tert-OH is 1. The number of aliphatic hydroxyl groups is 1. The summed E-state index contributed by atoms with van der Waals surface area (Å²) >= 11 is 1.07. The number of carbonyl (C=O) groups excluding carboxylic acids is 1. The Labute approximate surface area is 126 Å². The van der Waals surface area contributed by atoms with Gasteiger partial charge in [0.15, 0.2) is 0 Å². The Bertz CT molecular complexity index is 688. The van der Waals surface area contributed by atoms with Crippen LogP contribution in [0.4, 0.5) is 5.82 Å². The van der Waals surface area contributed by atoms with E-state index in [4.69, 9.17) is 5.11 Å². The fourth-order valence-electron chi connectivity index (χ4n) is 1.58. The van der Waals surface area contributed by atoms with E-state index in [1.54, 1.807) is 18.3 Å². The minimum absolute atomic E-state index is 0.0276. The number of aryl methyl sites for hydroxylation is 1. The molecular weight excluding hydrogens is 288 g/mol. The molecule has 1 amide bonds. The van der Waals surface area contributed by atoms with Crippen LogP contribution >= 0.6 is 11.5 Å². The quantitative estimate of drug-likeness (QED) is 0.835. The number of nitrogens with zero attached hydrogens (tertiary/aromatic N) is 3. The summed E-state index contributed by atoms with van der Waals surface area (Å²) < 4.78 is 3.79. The zero-order chi connectivity index (χ0) is 15.1. The molecule has 0 aliphatic rings. The Hall–Kier alpha value is -2.30. The molecule has 0 spiro atoms. The van der Waals surface area contributed by atoms with Gasteiger partial charge in [0.2, 0.25) is 0 Å². The molecule has 0 aliphatic heterocycles. The van der Waals surface area contributed by atoms with Gasteiger partial charge in [0, 0.05) is 18.2 Å². The highest BCUT2D eigenvalue weighted by Crippen LogP contribution is 2.14. The highest BCUT2D eigenvalue weighted by Gasteiger charge is 2.15. The van der Waals surface area contributed by atoms with Crippen molar-refractivity contribution in [1.29, 1.82) is 0 Å². The van der Waals surface area contributed by atoms with Gasteiger partial charge in [-0.2, -0.15) is 0 Å². The number of hydrogen-bond acceptors (Lipinski definition) is 6. The molecule has 0 saturated heterocycles. The fourth-order valence-corrected chi connectivity index (χ4v) is 2.23. The van der Waals surface area contributed by atoms with Crippen LogP contribution in [0.25, 0.3) is 0 Å². The second-order valence-corrected chi connectivity index (χ2v) is 4.82. The average Bonchev–Trinajstić information content (AvgIpc) is 2.96. The van der Waals surface area contributed by atoms with Crippen molar-refractivity contribution >= 4 is 23.3 Å². The molecule has 2 rings (SSSR count). The number of amides is 1. The van der Waals surface area contributed by atoms with Gasteiger partial charge in [-0.3, -0.25) is 4.79 Å². The number of anilines is 1. The zero-order valence-corrected chi connectivity index (χ0v) is 12.3. The first-order valence-corrected chi connectivity index (χ1v) is 7.20. The predicted octanol–water partition coefficient (Wildman–Crippen LogP) is 1.48. The van der Waals surface area contributed by atoms with Gasteiger partial charge >= 0.3 is 0 Å². The van der Waals surface area contributed by atoms with E-state index in [0.29, 0.717) is 29.2 Å². The summed E-state index contributed by atoms with van der Waals surface area (Å²) in [5.74, 6) is 5.87. The van der Waals surface area contributed by atoms with Crippen LogP contribution in [0, 0.1) is 11.8 Å². The maximum Gasteiger partial charge on any atom is 0.270 e. The molecule has 6 nitrogen and oxygen atoms in total. The van der Waals surface area contributed by atoms with Crippen LogP contribution in [0.5, 0.6) is 0 Å². The van der Waals surface area contributed by atoms with Gasteiger partial charge in [0.25, 0.3) is 5.91 Å². The summed E-state index contributed by atoms with van der Waals surface area (Å²) in [7, 11) is 0. The van der Waals surface area contributed by atoms with Crippen LogP contribution < -0.4 is 5.32 Å². The molecule has 2 heterocycles. The zero-order valence-electron chi connectivity index (χ0n) is 11.5. The monoisotopic (exact) mass is 302 g/mol. The van der Waals surface area contributed by atoms with Crippen molar-refractivity contribution in [2.45, 2.75) is 19.8 Å². The van der Waals surface area contributed by atoms with Crippen LogP contribution in [0.15, 0.2) is 18.3 Å². The second kappa shape index (κ2) is 7.47. The van der Waals surface area contributed by atoms with Crippen molar-refractivity contribution in [3.8, 4) is 11.8 Å². The van der Waals surface area contributed by atoms with Gasteiger partial charge in [-0.05, 0) is 30.1 Å². The molecule has 0 atom stereocenters. The van der Waals surface area contributed by atoms with Crippen LogP contribution in [0.3, 0.4) is 0 Å². The van der Waals surface area contributed by atoms with Crippen LogP contribution in [-0.4, -0.2) is 32.2 Å². The van der Waals surface area contributed by atoms with Crippen molar-refractivity contribution in [1.82, 2.24) is 14.6 Å². The number of hydrogen-bond donors (Lipinski definition) is 2. The van der Waals surface area contributed by atoms with Gasteiger partial charge in [0.05, 0.1) is 12.3 Å². The lowest BCUT2D eigenvalue weighted by Crippen LogP contribution is -2.13. The number of aromatic nitrogens is 3. The maximum atomic E-state index is 12.1. The minimum Gasteiger partial charge on any atom is -0.395 e. The third-order valence-electron chi connectivity index (χ3n) is 2.57. The molecule has 108 valence electrons. The highest BCUT2D eigenvalue weighted by molar-refractivity contribution is 7.08. The topological polar surface area (TPSA) is 88.0 Å². The normalized spacial score (nSPS) is 9.81. The smallest absolute Gasteiger partial charge is 0.270 e. The molecular formula is C14H14N4O2S. The number of nitrogens with one attached hydrogen (secondary N) is 1. The Morgan fingerprint density at radius 2 is 2.38 bits per heavy atom. The third kappa shape index (κ3) is 4.08. The summed E-state index contributed by atoms with van der Waals surface area (Å²) in [6.07, 6.45) is 2.64. The fraction of sp³-hybridized carbons (Fsp3) is 0.286. The third-order valence-corrected chi connectivity index (χ3v) is 3.33. The van der Waals surface area contributed by atoms with Crippen LogP contribution in [0.1, 0.15) is 34.3 Å². The average molecular weight is 302 g/mol. The van der Waals surface area contributed by atoms with E-state index >= 15 is 0 Å². The van der Waals surface area contributed by atoms with Crippen LogP contribution in [-0.2, 0) is 6.42 Å². The van der Waals surface area contributed by atoms with E-state index < -0.39 is 0 Å².